The molecule has 0 aliphatic heterocycles. The zero-order valence-corrected chi connectivity index (χ0v) is 10.1. The molecule has 1 rings (SSSR count). The van der Waals surface area contributed by atoms with Gasteiger partial charge in [0, 0.05) is 18.8 Å². The molecule has 0 aromatic heterocycles. The normalized spacial score (nSPS) is 12.0. The molecule has 1 N–H and O–H groups in total. The molecule has 0 atom stereocenters. The van der Waals surface area contributed by atoms with Gasteiger partial charge in [0.2, 0.25) is 0 Å². The van der Waals surface area contributed by atoms with Crippen LogP contribution in [0, 0.1) is 0 Å². The molecule has 0 spiro atoms. The summed E-state index contributed by atoms with van der Waals surface area (Å²) in [7, 11) is -3.09. The lowest BCUT2D eigenvalue weighted by Gasteiger charge is -2.08. The first-order valence-corrected chi connectivity index (χ1v) is 6.81. The highest BCUT2D eigenvalue weighted by Crippen LogP contribution is 2.11. The van der Waals surface area contributed by atoms with Crippen LogP contribution in [0.1, 0.15) is 19.4 Å². The Morgan fingerprint density at radius 2 is 2.00 bits per heavy atom. The number of rotatable bonds is 4. The van der Waals surface area contributed by atoms with E-state index in [9.17, 15) is 8.42 Å². The molecule has 0 saturated heterocycles. The van der Waals surface area contributed by atoms with Crippen molar-refractivity contribution in [1.29, 1.82) is 0 Å². The van der Waals surface area contributed by atoms with E-state index in [1.165, 1.54) is 6.26 Å². The SMILES string of the molecule is CC(C)NCc1cccc(S(C)(=O)=O)c1. The van der Waals surface area contributed by atoms with Crippen molar-refractivity contribution in [3.8, 4) is 0 Å². The zero-order valence-electron chi connectivity index (χ0n) is 9.32. The number of hydrogen-bond acceptors (Lipinski definition) is 3. The molecule has 15 heavy (non-hydrogen) atoms. The Balaban J connectivity index is 2.84. The molecule has 84 valence electrons. The van der Waals surface area contributed by atoms with Crippen LogP contribution in [-0.4, -0.2) is 20.7 Å². The van der Waals surface area contributed by atoms with Gasteiger partial charge in [-0.1, -0.05) is 26.0 Å². The second-order valence-electron chi connectivity index (χ2n) is 3.96. The Morgan fingerprint density at radius 1 is 1.33 bits per heavy atom. The summed E-state index contributed by atoms with van der Waals surface area (Å²) >= 11 is 0. The monoisotopic (exact) mass is 227 g/mol. The van der Waals surface area contributed by atoms with Crippen molar-refractivity contribution in [2.45, 2.75) is 31.3 Å². The zero-order chi connectivity index (χ0) is 11.5. The maximum Gasteiger partial charge on any atom is 0.175 e. The topological polar surface area (TPSA) is 46.2 Å². The van der Waals surface area contributed by atoms with Crippen LogP contribution in [0.4, 0.5) is 0 Å². The predicted molar refractivity (Wildman–Crippen MR) is 61.5 cm³/mol. The van der Waals surface area contributed by atoms with E-state index in [1.54, 1.807) is 18.2 Å². The van der Waals surface area contributed by atoms with E-state index in [1.807, 2.05) is 6.07 Å². The van der Waals surface area contributed by atoms with Gasteiger partial charge in [-0.05, 0) is 17.7 Å². The number of benzene rings is 1. The minimum atomic E-state index is -3.09. The molecule has 0 fully saturated rings. The van der Waals surface area contributed by atoms with Crippen LogP contribution < -0.4 is 5.32 Å². The molecule has 0 unspecified atom stereocenters. The van der Waals surface area contributed by atoms with E-state index >= 15 is 0 Å². The molecule has 0 amide bonds. The quantitative estimate of drug-likeness (QED) is 0.849. The minimum absolute atomic E-state index is 0.380. The first-order valence-electron chi connectivity index (χ1n) is 4.92. The molecule has 1 aromatic rings. The van der Waals surface area contributed by atoms with Crippen molar-refractivity contribution in [2.75, 3.05) is 6.26 Å². The first kappa shape index (κ1) is 12.2. The largest absolute Gasteiger partial charge is 0.310 e. The summed E-state index contributed by atoms with van der Waals surface area (Å²) in [5, 5.41) is 3.25. The highest BCUT2D eigenvalue weighted by molar-refractivity contribution is 7.90. The molecule has 0 radical (unpaired) electrons. The highest BCUT2D eigenvalue weighted by atomic mass is 32.2. The average molecular weight is 227 g/mol. The van der Waals surface area contributed by atoms with Crippen molar-refractivity contribution in [2.24, 2.45) is 0 Å². The van der Waals surface area contributed by atoms with Gasteiger partial charge in [0.25, 0.3) is 0 Å². The third-order valence-corrected chi connectivity index (χ3v) is 3.15. The molecule has 0 aliphatic carbocycles. The Morgan fingerprint density at radius 3 is 2.53 bits per heavy atom. The van der Waals surface area contributed by atoms with Crippen LogP contribution in [-0.2, 0) is 16.4 Å². The second-order valence-corrected chi connectivity index (χ2v) is 5.97. The van der Waals surface area contributed by atoms with Crippen LogP contribution in [0.15, 0.2) is 29.2 Å². The van der Waals surface area contributed by atoms with Gasteiger partial charge in [-0.15, -0.1) is 0 Å². The van der Waals surface area contributed by atoms with E-state index in [0.29, 0.717) is 17.5 Å². The molecular weight excluding hydrogens is 210 g/mol. The van der Waals surface area contributed by atoms with E-state index in [0.717, 1.165) is 5.56 Å². The third kappa shape index (κ3) is 4.01. The van der Waals surface area contributed by atoms with Gasteiger partial charge < -0.3 is 5.32 Å². The molecule has 4 heteroatoms. The standard InChI is InChI=1S/C11H17NO2S/c1-9(2)12-8-10-5-4-6-11(7-10)15(3,13)14/h4-7,9,12H,8H2,1-3H3. The van der Waals surface area contributed by atoms with Gasteiger partial charge >= 0.3 is 0 Å². The van der Waals surface area contributed by atoms with E-state index < -0.39 is 9.84 Å². The first-order chi connectivity index (χ1) is 6.89. The predicted octanol–water partition coefficient (Wildman–Crippen LogP) is 1.59. The lowest BCUT2D eigenvalue weighted by Crippen LogP contribution is -2.21. The van der Waals surface area contributed by atoms with Crippen molar-refractivity contribution in [3.63, 3.8) is 0 Å². The molecule has 0 aliphatic rings. The lowest BCUT2D eigenvalue weighted by atomic mass is 10.2. The van der Waals surface area contributed by atoms with Gasteiger partial charge in [0.05, 0.1) is 4.90 Å². The Bertz CT molecular complexity index is 424. The van der Waals surface area contributed by atoms with E-state index in [2.05, 4.69) is 19.2 Å². The van der Waals surface area contributed by atoms with Crippen LogP contribution >= 0.6 is 0 Å². The number of nitrogens with one attached hydrogen (secondary N) is 1. The maximum atomic E-state index is 11.3. The second kappa shape index (κ2) is 4.77. The maximum absolute atomic E-state index is 11.3. The lowest BCUT2D eigenvalue weighted by molar-refractivity contribution is 0.587. The number of sulfone groups is 1. The Hall–Kier alpha value is -0.870. The average Bonchev–Trinajstić information content (AvgIpc) is 2.14. The fourth-order valence-electron chi connectivity index (χ4n) is 1.21. The van der Waals surface area contributed by atoms with Gasteiger partial charge in [0.1, 0.15) is 0 Å². The van der Waals surface area contributed by atoms with Crippen molar-refractivity contribution < 1.29 is 8.42 Å². The Kier molecular flexibility index (Phi) is 3.88. The summed E-state index contributed by atoms with van der Waals surface area (Å²) in [6.45, 7) is 4.81. The van der Waals surface area contributed by atoms with Crippen LogP contribution in [0.25, 0.3) is 0 Å². The summed E-state index contributed by atoms with van der Waals surface area (Å²) in [6, 6.07) is 7.42. The smallest absolute Gasteiger partial charge is 0.175 e. The minimum Gasteiger partial charge on any atom is -0.310 e. The van der Waals surface area contributed by atoms with Gasteiger partial charge in [-0.25, -0.2) is 8.42 Å². The van der Waals surface area contributed by atoms with Gasteiger partial charge in [-0.3, -0.25) is 0 Å². The molecule has 1 aromatic carbocycles. The summed E-state index contributed by atoms with van der Waals surface area (Å²) in [6.07, 6.45) is 1.22. The third-order valence-electron chi connectivity index (χ3n) is 2.04. The van der Waals surface area contributed by atoms with Crippen molar-refractivity contribution in [1.82, 2.24) is 5.32 Å². The molecule has 3 nitrogen and oxygen atoms in total. The van der Waals surface area contributed by atoms with E-state index in [-0.39, 0.29) is 0 Å². The molecule has 0 heterocycles. The van der Waals surface area contributed by atoms with Gasteiger partial charge in [-0.2, -0.15) is 0 Å². The van der Waals surface area contributed by atoms with Crippen molar-refractivity contribution >= 4 is 9.84 Å². The van der Waals surface area contributed by atoms with Crippen LogP contribution in [0.3, 0.4) is 0 Å². The molecule has 0 saturated carbocycles. The molecule has 0 bridgehead atoms. The summed E-state index contributed by atoms with van der Waals surface area (Å²) in [5.41, 5.74) is 0.992. The fourth-order valence-corrected chi connectivity index (χ4v) is 1.90. The highest BCUT2D eigenvalue weighted by Gasteiger charge is 2.06. The number of hydrogen-bond donors (Lipinski definition) is 1. The van der Waals surface area contributed by atoms with Crippen LogP contribution in [0.2, 0.25) is 0 Å². The summed E-state index contributed by atoms with van der Waals surface area (Å²) < 4.78 is 22.6. The summed E-state index contributed by atoms with van der Waals surface area (Å²) in [5.74, 6) is 0. The van der Waals surface area contributed by atoms with Crippen LogP contribution in [0.5, 0.6) is 0 Å². The summed E-state index contributed by atoms with van der Waals surface area (Å²) in [4.78, 5) is 0.380. The van der Waals surface area contributed by atoms with Gasteiger partial charge in [0.15, 0.2) is 9.84 Å². The Labute approximate surface area is 91.4 Å². The van der Waals surface area contributed by atoms with E-state index in [4.69, 9.17) is 0 Å². The van der Waals surface area contributed by atoms with Crippen molar-refractivity contribution in [3.05, 3.63) is 29.8 Å². The fraction of sp³-hybridized carbons (Fsp3) is 0.455. The molecular formula is C11H17NO2S.